The molecule has 1 aromatic carbocycles. The van der Waals surface area contributed by atoms with Crippen molar-refractivity contribution in [3.63, 3.8) is 0 Å². The third-order valence-corrected chi connectivity index (χ3v) is 5.19. The summed E-state index contributed by atoms with van der Waals surface area (Å²) in [5.41, 5.74) is 0.00404. The van der Waals surface area contributed by atoms with Gasteiger partial charge in [-0.2, -0.15) is 0 Å². The molecule has 3 heterocycles. The molecule has 4 N–H and O–H groups in total. The van der Waals surface area contributed by atoms with Gasteiger partial charge in [0.1, 0.15) is 5.82 Å². The van der Waals surface area contributed by atoms with Gasteiger partial charge in [-0.05, 0) is 43.7 Å². The van der Waals surface area contributed by atoms with Gasteiger partial charge in [0.2, 0.25) is 0 Å². The van der Waals surface area contributed by atoms with E-state index in [2.05, 4.69) is 35.8 Å². The van der Waals surface area contributed by atoms with E-state index >= 15 is 0 Å². The van der Waals surface area contributed by atoms with Gasteiger partial charge in [-0.25, -0.2) is 19.3 Å². The molecule has 0 aliphatic carbocycles. The van der Waals surface area contributed by atoms with E-state index in [1.807, 2.05) is 5.32 Å². The molecule has 0 radical (unpaired) electrons. The van der Waals surface area contributed by atoms with Crippen LogP contribution in [0.2, 0.25) is 0 Å². The van der Waals surface area contributed by atoms with Crippen LogP contribution in [0.5, 0.6) is 5.75 Å². The van der Waals surface area contributed by atoms with Crippen molar-refractivity contribution in [2.45, 2.75) is 19.4 Å². The van der Waals surface area contributed by atoms with E-state index in [4.69, 9.17) is 8.85 Å². The summed E-state index contributed by atoms with van der Waals surface area (Å²) in [5, 5.41) is 26.2. The summed E-state index contributed by atoms with van der Waals surface area (Å²) in [6, 6.07) is 9.68. The lowest BCUT2D eigenvalue weighted by Gasteiger charge is -2.18. The van der Waals surface area contributed by atoms with Crippen molar-refractivity contribution in [2.24, 2.45) is 0 Å². The number of carbonyl (C=O) groups excluding carboxylic acids is 1. The Morgan fingerprint density at radius 3 is 2.54 bits per heavy atom. The molecule has 0 atom stereocenters. The minimum absolute atomic E-state index is 0.0772. The molecule has 0 aliphatic rings. The molecule has 37 heavy (non-hydrogen) atoms. The topological polar surface area (TPSA) is 147 Å². The fourth-order valence-electron chi connectivity index (χ4n) is 3.41. The van der Waals surface area contributed by atoms with Gasteiger partial charge in [0.05, 0.1) is 42.0 Å². The number of pyridine rings is 1. The van der Waals surface area contributed by atoms with Crippen molar-refractivity contribution in [1.29, 1.82) is 0 Å². The number of aromatic nitrogens is 5. The highest BCUT2D eigenvalue weighted by atomic mass is 19.1. The van der Waals surface area contributed by atoms with Gasteiger partial charge in [0.25, 0.3) is 5.91 Å². The molecule has 11 nitrogen and oxygen atoms in total. The number of benzene rings is 1. The van der Waals surface area contributed by atoms with E-state index in [-0.39, 0.29) is 28.8 Å². The van der Waals surface area contributed by atoms with Gasteiger partial charge in [-0.15, -0.1) is 10.2 Å². The number of hydrogen-bond acceptors (Lipinski definition) is 10. The molecule has 0 fully saturated rings. The molecular weight excluding hydrogens is 479 g/mol. The molecule has 0 saturated carbocycles. The zero-order valence-corrected chi connectivity index (χ0v) is 20.1. The maximum Gasteiger partial charge on any atom is 0.273 e. The molecule has 0 saturated heterocycles. The first-order chi connectivity index (χ1) is 18.8. The number of rotatable bonds is 8. The van der Waals surface area contributed by atoms with Gasteiger partial charge < -0.3 is 25.8 Å². The third kappa shape index (κ3) is 5.76. The summed E-state index contributed by atoms with van der Waals surface area (Å²) in [5.74, 6) is -0.650. The monoisotopic (exact) mass is 507 g/mol. The summed E-state index contributed by atoms with van der Waals surface area (Å²) in [6.07, 6.45) is 3.55. The summed E-state index contributed by atoms with van der Waals surface area (Å²) in [7, 11) is 1.41. The smallest absolute Gasteiger partial charge is 0.273 e. The first-order valence-corrected chi connectivity index (χ1v) is 10.9. The zero-order valence-electron chi connectivity index (χ0n) is 23.1. The van der Waals surface area contributed by atoms with Gasteiger partial charge in [0.15, 0.2) is 28.9 Å². The predicted molar refractivity (Wildman–Crippen MR) is 135 cm³/mol. The van der Waals surface area contributed by atoms with Crippen molar-refractivity contribution < 1.29 is 23.1 Å². The highest BCUT2D eigenvalue weighted by molar-refractivity contribution is 5.99. The van der Waals surface area contributed by atoms with Crippen LogP contribution in [-0.2, 0) is 5.60 Å². The number of aliphatic hydroxyl groups is 1. The predicted octanol–water partition coefficient (Wildman–Crippen LogP) is 3.55. The molecule has 3 aromatic heterocycles. The van der Waals surface area contributed by atoms with Crippen LogP contribution >= 0.6 is 0 Å². The maximum absolute atomic E-state index is 13.4. The number of nitrogens with one attached hydrogen (secondary N) is 3. The van der Waals surface area contributed by atoms with Crippen molar-refractivity contribution in [3.05, 3.63) is 72.1 Å². The summed E-state index contributed by atoms with van der Waals surface area (Å²) >= 11 is 0. The Morgan fingerprint density at radius 1 is 1.05 bits per heavy atom. The van der Waals surface area contributed by atoms with Crippen LogP contribution in [0.15, 0.2) is 55.0 Å². The zero-order chi connectivity index (χ0) is 29.1. The van der Waals surface area contributed by atoms with Crippen LogP contribution in [-0.4, -0.2) is 50.2 Å². The van der Waals surface area contributed by atoms with E-state index in [9.17, 15) is 14.3 Å². The number of para-hydroxylation sites is 1. The van der Waals surface area contributed by atoms with Crippen LogP contribution in [0.1, 0.15) is 34.0 Å². The molecule has 0 unspecified atom stereocenters. The Kier molecular flexibility index (Phi) is 6.12. The molecule has 4 rings (SSSR count). The van der Waals surface area contributed by atoms with E-state index in [1.165, 1.54) is 19.4 Å². The maximum atomic E-state index is 13.4. The lowest BCUT2D eigenvalue weighted by Crippen LogP contribution is -2.21. The molecule has 12 heteroatoms. The second-order valence-electron chi connectivity index (χ2n) is 8.30. The normalized spacial score (nSPS) is 12.6. The fraction of sp³-hybridized carbons (Fsp3) is 0.200. The first-order valence-electron chi connectivity index (χ1n) is 12.4. The van der Waals surface area contributed by atoms with E-state index in [1.54, 1.807) is 44.2 Å². The number of ether oxygens (including phenoxy) is 1. The van der Waals surface area contributed by atoms with Crippen molar-refractivity contribution >= 4 is 28.9 Å². The number of amides is 1. The quantitative estimate of drug-likeness (QED) is 0.279. The summed E-state index contributed by atoms with van der Waals surface area (Å²) in [4.78, 5) is 25.0. The number of carbonyl (C=O) groups is 1. The molecule has 4 aromatic rings. The third-order valence-electron chi connectivity index (χ3n) is 5.19. The SMILES string of the molecule is [2H]C([2H])([2H])NC(=O)c1nnc(Nc2cc(C(C)(C)O)ccn2)cc1Nc1cccc(-c2ncc(F)cn2)c1OC. The van der Waals surface area contributed by atoms with Gasteiger partial charge in [0, 0.05) is 23.4 Å². The number of halogens is 1. The number of anilines is 4. The highest BCUT2D eigenvalue weighted by Gasteiger charge is 2.20. The summed E-state index contributed by atoms with van der Waals surface area (Å²) < 4.78 is 41.1. The second-order valence-corrected chi connectivity index (χ2v) is 8.30. The molecule has 190 valence electrons. The number of hydrogen-bond donors (Lipinski definition) is 4. The number of nitrogens with zero attached hydrogens (tertiary/aromatic N) is 5. The molecular formula is C25H25FN8O3. The Bertz CT molecular complexity index is 1530. The first kappa shape index (κ1) is 21.6. The van der Waals surface area contributed by atoms with Crippen LogP contribution in [0.25, 0.3) is 11.4 Å². The van der Waals surface area contributed by atoms with Crippen LogP contribution in [0, 0.1) is 5.82 Å². The Labute approximate surface area is 216 Å². The van der Waals surface area contributed by atoms with Gasteiger partial charge in [-0.3, -0.25) is 4.79 Å². The summed E-state index contributed by atoms with van der Waals surface area (Å²) in [6.45, 7) is 0.488. The lowest BCUT2D eigenvalue weighted by molar-refractivity contribution is 0.0785. The minimum Gasteiger partial charge on any atom is -0.494 e. The Balaban J connectivity index is 1.75. The average molecular weight is 508 g/mol. The van der Waals surface area contributed by atoms with Crippen molar-refractivity contribution in [1.82, 2.24) is 30.5 Å². The lowest BCUT2D eigenvalue weighted by atomic mass is 10.00. The van der Waals surface area contributed by atoms with Crippen LogP contribution < -0.4 is 20.7 Å². The van der Waals surface area contributed by atoms with Gasteiger partial charge in [-0.1, -0.05) is 6.07 Å². The second kappa shape index (κ2) is 10.5. The van der Waals surface area contributed by atoms with E-state index < -0.39 is 24.3 Å². The Morgan fingerprint density at radius 2 is 1.84 bits per heavy atom. The van der Waals surface area contributed by atoms with Crippen molar-refractivity contribution in [3.8, 4) is 17.1 Å². The Hall–Kier alpha value is -4.71. The number of methoxy groups -OCH3 is 1. The van der Waals surface area contributed by atoms with Crippen LogP contribution in [0.4, 0.5) is 27.4 Å². The highest BCUT2D eigenvalue weighted by Crippen LogP contribution is 2.37. The van der Waals surface area contributed by atoms with Crippen LogP contribution in [0.3, 0.4) is 0 Å². The largest absolute Gasteiger partial charge is 0.494 e. The van der Waals surface area contributed by atoms with Crippen molar-refractivity contribution in [2.75, 3.05) is 24.7 Å². The fourth-order valence-corrected chi connectivity index (χ4v) is 3.41. The molecule has 0 spiro atoms. The molecule has 0 bridgehead atoms. The molecule has 1 amide bonds. The van der Waals surface area contributed by atoms with Gasteiger partial charge >= 0.3 is 0 Å². The van der Waals surface area contributed by atoms with E-state index in [0.29, 0.717) is 22.6 Å². The average Bonchev–Trinajstić information content (AvgIpc) is 2.88. The molecule has 0 aliphatic heterocycles. The minimum atomic E-state index is -2.77. The van der Waals surface area contributed by atoms with E-state index in [0.717, 1.165) is 12.4 Å². The standard InChI is InChI=1S/C25H25FN8O3/c1-25(2,36)14-8-9-28-19(10-14)32-20-11-18(21(34-33-20)24(35)27-3)31-17-7-5-6-16(22(17)37-4)23-29-12-15(26)13-30-23/h5-13,36H,1-4H3,(H,27,35)(H2,28,31,32,33)/i3D3.